The highest BCUT2D eigenvalue weighted by Gasteiger charge is 2.23. The Kier molecular flexibility index (Phi) is 4.22. The van der Waals surface area contributed by atoms with Gasteiger partial charge in [-0.15, -0.1) is 11.3 Å². The molecule has 0 spiro atoms. The molecule has 0 saturated carbocycles. The van der Waals surface area contributed by atoms with Gasteiger partial charge in [0.05, 0.1) is 0 Å². The van der Waals surface area contributed by atoms with Crippen LogP contribution < -0.4 is 22.3 Å². The lowest BCUT2D eigenvalue weighted by Gasteiger charge is -2.24. The van der Waals surface area contributed by atoms with E-state index in [1.807, 2.05) is 11.4 Å². The van der Waals surface area contributed by atoms with Gasteiger partial charge >= 0.3 is 5.69 Å². The summed E-state index contributed by atoms with van der Waals surface area (Å²) in [7, 11) is 0. The van der Waals surface area contributed by atoms with Crippen molar-refractivity contribution in [3.05, 3.63) is 43.2 Å². The number of aromatic amines is 1. The van der Waals surface area contributed by atoms with Gasteiger partial charge in [-0.2, -0.15) is 0 Å². The van der Waals surface area contributed by atoms with Crippen molar-refractivity contribution in [3.8, 4) is 0 Å². The number of H-pyrrole nitrogens is 1. The van der Waals surface area contributed by atoms with Gasteiger partial charge < -0.3 is 11.1 Å². The molecule has 0 amide bonds. The molecule has 0 aliphatic rings. The van der Waals surface area contributed by atoms with Crippen molar-refractivity contribution in [2.75, 3.05) is 17.6 Å². The van der Waals surface area contributed by atoms with Crippen molar-refractivity contribution >= 4 is 22.8 Å². The fourth-order valence-electron chi connectivity index (χ4n) is 2.13. The van der Waals surface area contributed by atoms with Crippen LogP contribution in [-0.4, -0.2) is 16.1 Å². The first-order chi connectivity index (χ1) is 9.86. The Morgan fingerprint density at radius 1 is 1.43 bits per heavy atom. The Morgan fingerprint density at radius 2 is 2.14 bits per heavy atom. The third-order valence-electron chi connectivity index (χ3n) is 3.45. The lowest BCUT2D eigenvalue weighted by molar-refractivity contribution is 0.568. The Morgan fingerprint density at radius 3 is 2.71 bits per heavy atom. The number of thiophene rings is 1. The molecule has 2 rings (SSSR count). The highest BCUT2D eigenvalue weighted by molar-refractivity contribution is 7.10. The molecule has 0 fully saturated rings. The maximum atomic E-state index is 11.9. The van der Waals surface area contributed by atoms with Crippen molar-refractivity contribution in [2.45, 2.75) is 32.7 Å². The predicted molar refractivity (Wildman–Crippen MR) is 87.2 cm³/mol. The summed E-state index contributed by atoms with van der Waals surface area (Å²) in [5, 5.41) is 5.11. The van der Waals surface area contributed by atoms with Gasteiger partial charge in [-0.05, 0) is 18.4 Å². The van der Waals surface area contributed by atoms with Gasteiger partial charge in [0.1, 0.15) is 11.5 Å². The lowest BCUT2D eigenvalue weighted by atomic mass is 9.91. The Hall–Kier alpha value is -2.02. The molecule has 0 bridgehead atoms. The van der Waals surface area contributed by atoms with Crippen LogP contribution in [0.2, 0.25) is 0 Å². The van der Waals surface area contributed by atoms with Gasteiger partial charge in [-0.1, -0.05) is 19.9 Å². The summed E-state index contributed by atoms with van der Waals surface area (Å²) in [5.74, 6) is 0.174. The summed E-state index contributed by atoms with van der Waals surface area (Å²) in [6, 6.07) is 4.06. The lowest BCUT2D eigenvalue weighted by Crippen LogP contribution is -2.36. The highest BCUT2D eigenvalue weighted by atomic mass is 32.1. The molecule has 0 aromatic carbocycles. The van der Waals surface area contributed by atoms with E-state index < -0.39 is 11.2 Å². The molecule has 2 heterocycles. The molecule has 7 heteroatoms. The second kappa shape index (κ2) is 5.77. The van der Waals surface area contributed by atoms with Gasteiger partial charge in [0, 0.05) is 23.4 Å². The van der Waals surface area contributed by atoms with Crippen LogP contribution in [0.4, 0.5) is 11.5 Å². The summed E-state index contributed by atoms with van der Waals surface area (Å²) < 4.78 is 1.34. The van der Waals surface area contributed by atoms with Crippen LogP contribution in [0.1, 0.15) is 25.6 Å². The van der Waals surface area contributed by atoms with E-state index in [9.17, 15) is 9.59 Å². The molecule has 0 aliphatic carbocycles. The minimum absolute atomic E-state index is 0.139. The van der Waals surface area contributed by atoms with Crippen LogP contribution in [0.5, 0.6) is 0 Å². The van der Waals surface area contributed by atoms with E-state index in [0.717, 1.165) is 0 Å². The molecule has 0 saturated heterocycles. The quantitative estimate of drug-likeness (QED) is 0.782. The highest BCUT2D eigenvalue weighted by Crippen LogP contribution is 2.27. The Balaban J connectivity index is 2.29. The van der Waals surface area contributed by atoms with Crippen molar-refractivity contribution in [1.29, 1.82) is 0 Å². The fourth-order valence-corrected chi connectivity index (χ4v) is 2.98. The zero-order chi connectivity index (χ0) is 15.6. The zero-order valence-electron chi connectivity index (χ0n) is 12.4. The number of nitrogens with two attached hydrogens (primary N) is 1. The van der Waals surface area contributed by atoms with Gasteiger partial charge in [-0.3, -0.25) is 14.3 Å². The summed E-state index contributed by atoms with van der Waals surface area (Å²) in [6.07, 6.45) is 0. The largest absolute Gasteiger partial charge is 0.383 e. The average molecular weight is 308 g/mol. The number of nitrogens with zero attached hydrogens (tertiary/aromatic N) is 1. The Bertz CT molecular complexity index is 728. The van der Waals surface area contributed by atoms with Gasteiger partial charge in [0.15, 0.2) is 0 Å². The van der Waals surface area contributed by atoms with Crippen molar-refractivity contribution in [3.63, 3.8) is 0 Å². The van der Waals surface area contributed by atoms with Crippen LogP contribution in [-0.2, 0) is 12.0 Å². The molecular weight excluding hydrogens is 288 g/mol. The topological polar surface area (TPSA) is 92.9 Å². The molecule has 2 aromatic rings. The second-order valence-electron chi connectivity index (χ2n) is 5.48. The molecule has 21 heavy (non-hydrogen) atoms. The minimum Gasteiger partial charge on any atom is -0.383 e. The molecule has 114 valence electrons. The van der Waals surface area contributed by atoms with Crippen LogP contribution in [0.25, 0.3) is 0 Å². The Labute approximate surface area is 126 Å². The second-order valence-corrected chi connectivity index (χ2v) is 6.43. The van der Waals surface area contributed by atoms with Gasteiger partial charge in [-0.25, -0.2) is 4.79 Å². The van der Waals surface area contributed by atoms with E-state index in [-0.39, 0.29) is 16.9 Å². The fraction of sp³-hybridized carbons (Fsp3) is 0.429. The number of hydrogen-bond acceptors (Lipinski definition) is 5. The number of aromatic nitrogens is 2. The van der Waals surface area contributed by atoms with Gasteiger partial charge in [0.2, 0.25) is 0 Å². The van der Waals surface area contributed by atoms with Crippen molar-refractivity contribution in [1.82, 2.24) is 9.55 Å². The first kappa shape index (κ1) is 15.4. The number of hydrogen-bond donors (Lipinski definition) is 3. The normalized spacial score (nSPS) is 11.6. The van der Waals surface area contributed by atoms with Crippen LogP contribution >= 0.6 is 11.3 Å². The van der Waals surface area contributed by atoms with Crippen LogP contribution in [0, 0.1) is 0 Å². The molecule has 0 aliphatic heterocycles. The average Bonchev–Trinajstić information content (AvgIpc) is 2.93. The van der Waals surface area contributed by atoms with E-state index >= 15 is 0 Å². The molecule has 4 N–H and O–H groups in total. The third-order valence-corrected chi connectivity index (χ3v) is 4.69. The maximum absolute atomic E-state index is 11.9. The molecule has 0 radical (unpaired) electrons. The monoisotopic (exact) mass is 308 g/mol. The zero-order valence-corrected chi connectivity index (χ0v) is 13.2. The summed E-state index contributed by atoms with van der Waals surface area (Å²) in [4.78, 5) is 27.1. The number of nitrogen functional groups attached to an aromatic ring is 1. The summed E-state index contributed by atoms with van der Waals surface area (Å²) >= 11 is 1.67. The first-order valence-electron chi connectivity index (χ1n) is 6.77. The van der Waals surface area contributed by atoms with E-state index in [1.54, 1.807) is 18.3 Å². The van der Waals surface area contributed by atoms with Gasteiger partial charge in [0.25, 0.3) is 5.56 Å². The first-order valence-corrected chi connectivity index (χ1v) is 7.65. The summed E-state index contributed by atoms with van der Waals surface area (Å²) in [5.41, 5.74) is 5.07. The maximum Gasteiger partial charge on any atom is 0.330 e. The molecule has 6 nitrogen and oxygen atoms in total. The number of nitrogens with one attached hydrogen (secondary N) is 2. The predicted octanol–water partition coefficient (Wildman–Crippen LogP) is 1.59. The standard InChI is InChI=1S/C14H20N4O2S/c1-4-18-11(15)10(12(19)17-13(18)20)16-8-14(2,3)9-6-5-7-21-9/h5-7,16H,4,8,15H2,1-3H3,(H,17,19,20). The van der Waals surface area contributed by atoms with E-state index in [2.05, 4.69) is 30.2 Å². The summed E-state index contributed by atoms with van der Waals surface area (Å²) in [6.45, 7) is 6.93. The number of rotatable bonds is 5. The minimum atomic E-state index is -0.483. The van der Waals surface area contributed by atoms with Crippen molar-refractivity contribution in [2.24, 2.45) is 0 Å². The SMILES string of the molecule is CCn1c(N)c(NCC(C)(C)c2cccs2)c(=O)[nH]c1=O. The molecular formula is C14H20N4O2S. The smallest absolute Gasteiger partial charge is 0.330 e. The van der Waals surface area contributed by atoms with Crippen LogP contribution in [0.15, 0.2) is 27.1 Å². The third kappa shape index (κ3) is 3.02. The molecule has 0 unspecified atom stereocenters. The van der Waals surface area contributed by atoms with Crippen molar-refractivity contribution < 1.29 is 0 Å². The van der Waals surface area contributed by atoms with E-state index in [4.69, 9.17) is 5.73 Å². The number of anilines is 2. The molecule has 2 aromatic heterocycles. The van der Waals surface area contributed by atoms with E-state index in [0.29, 0.717) is 13.1 Å². The van der Waals surface area contributed by atoms with E-state index in [1.165, 1.54) is 9.44 Å². The molecule has 0 atom stereocenters. The van der Waals surface area contributed by atoms with Crippen LogP contribution in [0.3, 0.4) is 0 Å².